The maximum absolute atomic E-state index is 9.35. The molecule has 0 spiro atoms. The van der Waals surface area contributed by atoms with Crippen LogP contribution >= 0.6 is 0 Å². The lowest BCUT2D eigenvalue weighted by atomic mass is 9.80. The fourth-order valence-corrected chi connectivity index (χ4v) is 8.93. The summed E-state index contributed by atoms with van der Waals surface area (Å²) in [4.78, 5) is 9.97. The number of allylic oxidation sites excluding steroid dienone is 1. The van der Waals surface area contributed by atoms with Crippen LogP contribution in [-0.4, -0.2) is 12.6 Å². The van der Waals surface area contributed by atoms with E-state index in [-0.39, 0.29) is 5.92 Å². The van der Waals surface area contributed by atoms with Crippen LogP contribution in [0.1, 0.15) is 68.8 Å². The van der Waals surface area contributed by atoms with Crippen LogP contribution in [0.4, 0.5) is 0 Å². The second-order valence-corrected chi connectivity index (χ2v) is 16.6. The lowest BCUT2D eigenvalue weighted by molar-refractivity contribution is 0.519. The molecule has 0 radical (unpaired) electrons. The molecule has 10 rings (SSSR count). The number of aryl methyl sites for hydroxylation is 1. The maximum atomic E-state index is 9.35. The minimum atomic E-state index is -0.548. The first-order valence-electron chi connectivity index (χ1n) is 22.0. The second kappa shape index (κ2) is 18.2. The fourth-order valence-electron chi connectivity index (χ4n) is 8.93. The average molecular weight is 839 g/mol. The molecule has 0 saturated heterocycles. The highest BCUT2D eigenvalue weighted by Crippen LogP contribution is 2.47. The van der Waals surface area contributed by atoms with Crippen LogP contribution in [0, 0.1) is 18.3 Å². The summed E-state index contributed by atoms with van der Waals surface area (Å²) in [5.74, 6) is 1.62. The van der Waals surface area contributed by atoms with Gasteiger partial charge in [0.05, 0.1) is 18.2 Å². The van der Waals surface area contributed by atoms with Crippen molar-refractivity contribution in [2.75, 3.05) is 0 Å². The van der Waals surface area contributed by atoms with Crippen molar-refractivity contribution in [3.8, 4) is 39.4 Å². The van der Waals surface area contributed by atoms with Gasteiger partial charge in [0.2, 0.25) is 0 Å². The summed E-state index contributed by atoms with van der Waals surface area (Å²) in [7, 11) is 0. The summed E-state index contributed by atoms with van der Waals surface area (Å²) in [6.07, 6.45) is 2.53. The van der Waals surface area contributed by atoms with Crippen molar-refractivity contribution in [3.63, 3.8) is 0 Å². The van der Waals surface area contributed by atoms with E-state index in [1.807, 2.05) is 54.6 Å². The van der Waals surface area contributed by atoms with Crippen LogP contribution in [0.5, 0.6) is 0 Å². The summed E-state index contributed by atoms with van der Waals surface area (Å²) in [6, 6.07) is 71.8. The zero-order valence-electron chi connectivity index (χ0n) is 36.2. The Morgan fingerprint density at radius 2 is 1.25 bits per heavy atom. The van der Waals surface area contributed by atoms with E-state index in [4.69, 9.17) is 14.4 Å². The molecule has 312 valence electrons. The first-order chi connectivity index (χ1) is 32.0. The van der Waals surface area contributed by atoms with E-state index >= 15 is 0 Å². The number of hydrogen-bond acceptors (Lipinski definition) is 4. The van der Waals surface area contributed by atoms with E-state index in [0.29, 0.717) is 12.1 Å². The Hall–Kier alpha value is -8.33. The number of furan rings is 1. The Kier molecular flexibility index (Phi) is 11.4. The maximum Gasteiger partial charge on any atom is 0.145 e. The Balaban J connectivity index is 1.07. The fraction of sp³-hybridized carbons (Fsp3) is 0.0833. The van der Waals surface area contributed by atoms with Crippen molar-refractivity contribution in [1.82, 2.24) is 5.32 Å². The molecule has 2 unspecified atom stereocenters. The summed E-state index contributed by atoms with van der Waals surface area (Å²) < 4.78 is 6.97. The number of amidine groups is 1. The molecular formula is C60H46N4O. The molecule has 0 bridgehead atoms. The van der Waals surface area contributed by atoms with Crippen LogP contribution in [-0.2, 0) is 6.54 Å². The molecule has 8 aromatic carbocycles. The third-order valence-electron chi connectivity index (χ3n) is 12.4. The van der Waals surface area contributed by atoms with Gasteiger partial charge in [0.1, 0.15) is 23.3 Å². The summed E-state index contributed by atoms with van der Waals surface area (Å²) in [5.41, 5.74) is 17.1. The van der Waals surface area contributed by atoms with E-state index in [1.54, 1.807) is 0 Å². The molecule has 1 heterocycles. The predicted octanol–water partition coefficient (Wildman–Crippen LogP) is 14.6. The number of rotatable bonds is 11. The van der Waals surface area contributed by atoms with Crippen LogP contribution in [0.2, 0.25) is 0 Å². The zero-order chi connectivity index (χ0) is 44.1. The van der Waals surface area contributed by atoms with Gasteiger partial charge in [-0.05, 0) is 106 Å². The molecule has 65 heavy (non-hydrogen) atoms. The van der Waals surface area contributed by atoms with Crippen molar-refractivity contribution in [1.29, 1.82) is 5.26 Å². The van der Waals surface area contributed by atoms with Crippen molar-refractivity contribution >= 4 is 35.2 Å². The largest absolute Gasteiger partial charge is 0.460 e. The third-order valence-corrected chi connectivity index (χ3v) is 12.4. The van der Waals surface area contributed by atoms with Gasteiger partial charge in [0, 0.05) is 28.0 Å². The van der Waals surface area contributed by atoms with E-state index < -0.39 is 6.17 Å². The highest BCUT2D eigenvalue weighted by molar-refractivity contribution is 6.02. The van der Waals surface area contributed by atoms with Gasteiger partial charge in [0.15, 0.2) is 0 Å². The zero-order valence-corrected chi connectivity index (χ0v) is 36.2. The highest BCUT2D eigenvalue weighted by Gasteiger charge is 2.31. The van der Waals surface area contributed by atoms with Gasteiger partial charge in [-0.2, -0.15) is 5.26 Å². The molecule has 0 amide bonds. The van der Waals surface area contributed by atoms with Gasteiger partial charge in [-0.25, -0.2) is 0 Å². The molecule has 1 aliphatic carbocycles. The predicted molar refractivity (Wildman–Crippen MR) is 268 cm³/mol. The van der Waals surface area contributed by atoms with Gasteiger partial charge >= 0.3 is 0 Å². The number of nitrogens with one attached hydrogen (secondary N) is 1. The minimum absolute atomic E-state index is 0.0395. The lowest BCUT2D eigenvalue weighted by Crippen LogP contribution is -2.28. The summed E-state index contributed by atoms with van der Waals surface area (Å²) in [6.45, 7) is 6.76. The number of nitriles is 1. The number of aliphatic imine (C=N–C) groups is 2. The van der Waals surface area contributed by atoms with Crippen LogP contribution < -0.4 is 5.32 Å². The monoisotopic (exact) mass is 838 g/mol. The molecule has 0 aliphatic heterocycles. The minimum Gasteiger partial charge on any atom is -0.460 e. The molecular weight excluding hydrogens is 793 g/mol. The van der Waals surface area contributed by atoms with Gasteiger partial charge in [-0.3, -0.25) is 9.98 Å². The first kappa shape index (κ1) is 40.7. The summed E-state index contributed by atoms with van der Waals surface area (Å²) >= 11 is 0. The Bertz CT molecular complexity index is 3230. The standard InChI is InChI=1S/C60H46N4O/c1-40-19-23-44(24-20-40)47-31-33-49(34-32-47)54-36-52(48-29-27-46(28-30-48)45-25-21-41(38-61)22-26-45)37-55-57-53(17-10-18-56(57)65-58(54)55)60(62-2)64-59(63-39-42-11-5-3-6-12-42)51-16-9-15-50(35-51)43-13-7-4-8-14-43/h3-35,37,54,60H,2,36,39H2,1H3,(H,63,64). The second-order valence-electron chi connectivity index (χ2n) is 16.6. The molecule has 1 N–H and O–H groups in total. The van der Waals surface area contributed by atoms with E-state index in [0.717, 1.165) is 79.1 Å². The molecule has 2 atom stereocenters. The van der Waals surface area contributed by atoms with E-state index in [2.05, 4.69) is 177 Å². The van der Waals surface area contributed by atoms with Crippen LogP contribution in [0.3, 0.4) is 0 Å². The van der Waals surface area contributed by atoms with Crippen molar-refractivity contribution in [2.24, 2.45) is 9.98 Å². The summed E-state index contributed by atoms with van der Waals surface area (Å²) in [5, 5.41) is 14.1. The smallest absolute Gasteiger partial charge is 0.145 e. The Morgan fingerprint density at radius 1 is 0.662 bits per heavy atom. The number of nitrogens with zero attached hydrogens (tertiary/aromatic N) is 3. The van der Waals surface area contributed by atoms with Crippen LogP contribution in [0.15, 0.2) is 215 Å². The highest BCUT2D eigenvalue weighted by atomic mass is 16.3. The topological polar surface area (TPSA) is 73.7 Å². The normalized spacial score (nSPS) is 13.9. The van der Waals surface area contributed by atoms with Gasteiger partial charge in [-0.15, -0.1) is 0 Å². The van der Waals surface area contributed by atoms with E-state index in [1.165, 1.54) is 27.8 Å². The van der Waals surface area contributed by atoms with Gasteiger partial charge in [0.25, 0.3) is 0 Å². The SMILES string of the molecule is C=NC(NC(=NCc1ccccc1)c1cccc(-c2ccccc2)c1)c1cccc2oc3c(c12)C=C(c1ccc(-c2ccc(C#N)cc2)cc1)CC3c1ccc(-c2ccc(C)cc2)cc1. The molecule has 1 aliphatic rings. The molecule has 9 aromatic rings. The van der Waals surface area contributed by atoms with Crippen LogP contribution in [0.25, 0.3) is 56.0 Å². The number of hydrogen-bond donors (Lipinski definition) is 1. The number of fused-ring (bicyclic) bond motifs is 3. The Labute approximate surface area is 380 Å². The third kappa shape index (κ3) is 8.58. The van der Waals surface area contributed by atoms with Gasteiger partial charge in [-0.1, -0.05) is 181 Å². The average Bonchev–Trinajstić information content (AvgIpc) is 3.76. The quantitative estimate of drug-likeness (QED) is 0.104. The number of benzene rings is 8. The van der Waals surface area contributed by atoms with Gasteiger partial charge < -0.3 is 9.73 Å². The lowest BCUT2D eigenvalue weighted by Gasteiger charge is -2.24. The van der Waals surface area contributed by atoms with Crippen molar-refractivity contribution < 1.29 is 4.42 Å². The van der Waals surface area contributed by atoms with Crippen molar-refractivity contribution in [2.45, 2.75) is 32.0 Å². The Morgan fingerprint density at radius 3 is 1.92 bits per heavy atom. The van der Waals surface area contributed by atoms with Crippen molar-refractivity contribution in [3.05, 3.63) is 250 Å². The molecule has 5 heteroatoms. The first-order valence-corrected chi connectivity index (χ1v) is 22.0. The molecule has 0 saturated carbocycles. The van der Waals surface area contributed by atoms with E-state index in [9.17, 15) is 5.26 Å². The molecule has 0 fully saturated rings. The molecule has 5 nitrogen and oxygen atoms in total. The molecule has 1 aromatic heterocycles.